The standard InChI is InChI=1S/C22H25F3O/c1-15(2)16-3-5-17(6-4-16)18-7-9-19(10-8-18)20-11-13-21(14-12-20)26-22(23,24)25/h3-10,15,20-21H,11-14H2,1-2H3. The van der Waals surface area contributed by atoms with Crippen molar-refractivity contribution in [2.75, 3.05) is 0 Å². The van der Waals surface area contributed by atoms with E-state index in [0.29, 0.717) is 24.7 Å². The number of benzene rings is 2. The Bertz CT molecular complexity index is 694. The first kappa shape index (κ1) is 19.0. The molecule has 0 N–H and O–H groups in total. The van der Waals surface area contributed by atoms with Crippen molar-refractivity contribution in [2.24, 2.45) is 0 Å². The van der Waals surface area contributed by atoms with Crippen molar-refractivity contribution in [3.8, 4) is 11.1 Å². The summed E-state index contributed by atoms with van der Waals surface area (Å²) in [6, 6.07) is 17.1. The van der Waals surface area contributed by atoms with Crippen molar-refractivity contribution in [3.63, 3.8) is 0 Å². The van der Waals surface area contributed by atoms with Crippen LogP contribution in [0, 0.1) is 0 Å². The van der Waals surface area contributed by atoms with Gasteiger partial charge in [-0.15, -0.1) is 13.2 Å². The zero-order chi connectivity index (χ0) is 18.7. The van der Waals surface area contributed by atoms with Gasteiger partial charge in [0.25, 0.3) is 0 Å². The molecule has 1 nitrogen and oxygen atoms in total. The third kappa shape index (κ3) is 4.88. The molecule has 1 fully saturated rings. The Morgan fingerprint density at radius 1 is 0.808 bits per heavy atom. The number of alkyl halides is 3. The minimum Gasteiger partial charge on any atom is -0.289 e. The molecule has 0 heterocycles. The maximum atomic E-state index is 12.3. The van der Waals surface area contributed by atoms with Crippen LogP contribution in [-0.2, 0) is 4.74 Å². The zero-order valence-electron chi connectivity index (χ0n) is 15.2. The van der Waals surface area contributed by atoms with Gasteiger partial charge < -0.3 is 0 Å². The molecule has 0 saturated heterocycles. The average Bonchev–Trinajstić information content (AvgIpc) is 2.61. The first-order valence-electron chi connectivity index (χ1n) is 9.26. The summed E-state index contributed by atoms with van der Waals surface area (Å²) in [7, 11) is 0. The van der Waals surface area contributed by atoms with E-state index in [-0.39, 0.29) is 0 Å². The molecule has 0 aliphatic heterocycles. The summed E-state index contributed by atoms with van der Waals surface area (Å²) in [5, 5.41) is 0. The molecular weight excluding hydrogens is 337 g/mol. The molecule has 0 bridgehead atoms. The summed E-state index contributed by atoms with van der Waals surface area (Å²) >= 11 is 0. The van der Waals surface area contributed by atoms with Gasteiger partial charge in [0.05, 0.1) is 6.10 Å². The van der Waals surface area contributed by atoms with Crippen LogP contribution < -0.4 is 0 Å². The van der Waals surface area contributed by atoms with Crippen molar-refractivity contribution in [1.82, 2.24) is 0 Å². The Morgan fingerprint density at radius 2 is 1.31 bits per heavy atom. The molecule has 140 valence electrons. The van der Waals surface area contributed by atoms with Crippen molar-refractivity contribution in [1.29, 1.82) is 0 Å². The Kier molecular flexibility index (Phi) is 5.71. The number of halogens is 3. The van der Waals surface area contributed by atoms with Crippen LogP contribution in [0.5, 0.6) is 0 Å². The SMILES string of the molecule is CC(C)c1ccc(-c2ccc(C3CCC(OC(F)(F)F)CC3)cc2)cc1. The van der Waals surface area contributed by atoms with Crippen molar-refractivity contribution in [3.05, 3.63) is 59.7 Å². The second-order valence-corrected chi connectivity index (χ2v) is 7.44. The van der Waals surface area contributed by atoms with Crippen LogP contribution in [0.1, 0.15) is 62.5 Å². The van der Waals surface area contributed by atoms with E-state index in [1.165, 1.54) is 16.7 Å². The molecule has 3 rings (SSSR count). The van der Waals surface area contributed by atoms with Gasteiger partial charge in [-0.25, -0.2) is 0 Å². The minimum absolute atomic E-state index is 0.320. The second-order valence-electron chi connectivity index (χ2n) is 7.44. The van der Waals surface area contributed by atoms with E-state index in [0.717, 1.165) is 18.4 Å². The molecule has 26 heavy (non-hydrogen) atoms. The van der Waals surface area contributed by atoms with Gasteiger partial charge in [0.2, 0.25) is 0 Å². The van der Waals surface area contributed by atoms with Gasteiger partial charge in [0.15, 0.2) is 0 Å². The largest absolute Gasteiger partial charge is 0.522 e. The van der Waals surface area contributed by atoms with Gasteiger partial charge in [0, 0.05) is 0 Å². The molecular formula is C22H25F3O. The summed E-state index contributed by atoms with van der Waals surface area (Å²) in [5.74, 6) is 0.836. The number of ether oxygens (including phenoxy) is 1. The molecule has 0 unspecified atom stereocenters. The average molecular weight is 362 g/mol. The molecule has 1 aliphatic rings. The summed E-state index contributed by atoms with van der Waals surface area (Å²) in [5.41, 5.74) is 4.88. The van der Waals surface area contributed by atoms with Gasteiger partial charge in [-0.05, 0) is 59.8 Å². The molecule has 2 aromatic rings. The van der Waals surface area contributed by atoms with E-state index >= 15 is 0 Å². The van der Waals surface area contributed by atoms with E-state index in [1.54, 1.807) is 0 Å². The molecule has 0 aromatic heterocycles. The topological polar surface area (TPSA) is 9.23 Å². The Hall–Kier alpha value is -1.81. The lowest BCUT2D eigenvalue weighted by molar-refractivity contribution is -0.345. The number of hydrogen-bond donors (Lipinski definition) is 0. The van der Waals surface area contributed by atoms with Crippen LogP contribution >= 0.6 is 0 Å². The van der Waals surface area contributed by atoms with Crippen LogP contribution in [0.2, 0.25) is 0 Å². The summed E-state index contributed by atoms with van der Waals surface area (Å²) in [6.07, 6.45) is -2.81. The maximum absolute atomic E-state index is 12.3. The lowest BCUT2D eigenvalue weighted by Crippen LogP contribution is -2.27. The molecule has 0 radical (unpaired) electrons. The smallest absolute Gasteiger partial charge is 0.289 e. The first-order chi connectivity index (χ1) is 12.3. The van der Waals surface area contributed by atoms with Gasteiger partial charge >= 0.3 is 6.36 Å². The Labute approximate surface area is 153 Å². The van der Waals surface area contributed by atoms with Gasteiger partial charge in [-0.1, -0.05) is 62.4 Å². The lowest BCUT2D eigenvalue weighted by atomic mass is 9.82. The van der Waals surface area contributed by atoms with E-state index < -0.39 is 12.5 Å². The van der Waals surface area contributed by atoms with Gasteiger partial charge in [0.1, 0.15) is 0 Å². The predicted molar refractivity (Wildman–Crippen MR) is 98.1 cm³/mol. The molecule has 0 atom stereocenters. The summed E-state index contributed by atoms with van der Waals surface area (Å²) in [6.45, 7) is 4.36. The fraction of sp³-hybridized carbons (Fsp3) is 0.455. The van der Waals surface area contributed by atoms with E-state index in [9.17, 15) is 13.2 Å². The Morgan fingerprint density at radius 3 is 1.77 bits per heavy atom. The molecule has 2 aromatic carbocycles. The monoisotopic (exact) mass is 362 g/mol. The van der Waals surface area contributed by atoms with E-state index in [2.05, 4.69) is 67.1 Å². The highest BCUT2D eigenvalue weighted by Gasteiger charge is 2.35. The van der Waals surface area contributed by atoms with E-state index in [1.807, 2.05) is 0 Å². The van der Waals surface area contributed by atoms with Crippen molar-refractivity contribution >= 4 is 0 Å². The molecule has 1 aliphatic carbocycles. The van der Waals surface area contributed by atoms with Gasteiger partial charge in [-0.2, -0.15) is 0 Å². The Balaban J connectivity index is 1.61. The van der Waals surface area contributed by atoms with Crippen LogP contribution in [-0.4, -0.2) is 12.5 Å². The first-order valence-corrected chi connectivity index (χ1v) is 9.26. The predicted octanol–water partition coefficient (Wildman–Crippen LogP) is 7.04. The fourth-order valence-electron chi connectivity index (χ4n) is 3.71. The lowest BCUT2D eigenvalue weighted by Gasteiger charge is -2.29. The normalized spacial score (nSPS) is 21.2. The molecule has 1 saturated carbocycles. The van der Waals surface area contributed by atoms with Crippen molar-refractivity contribution < 1.29 is 17.9 Å². The fourth-order valence-corrected chi connectivity index (χ4v) is 3.71. The van der Waals surface area contributed by atoms with Gasteiger partial charge in [-0.3, -0.25) is 4.74 Å². The molecule has 4 heteroatoms. The minimum atomic E-state index is -4.52. The summed E-state index contributed by atoms with van der Waals surface area (Å²) in [4.78, 5) is 0. The summed E-state index contributed by atoms with van der Waals surface area (Å²) < 4.78 is 41.1. The highest BCUT2D eigenvalue weighted by molar-refractivity contribution is 5.64. The van der Waals surface area contributed by atoms with E-state index in [4.69, 9.17) is 0 Å². The van der Waals surface area contributed by atoms with Crippen molar-refractivity contribution in [2.45, 2.75) is 63.8 Å². The van der Waals surface area contributed by atoms with Crippen LogP contribution in [0.3, 0.4) is 0 Å². The number of rotatable bonds is 4. The molecule has 0 amide bonds. The van der Waals surface area contributed by atoms with Crippen LogP contribution in [0.15, 0.2) is 48.5 Å². The third-order valence-electron chi connectivity index (χ3n) is 5.27. The molecule has 0 spiro atoms. The quantitative estimate of drug-likeness (QED) is 0.567. The highest BCUT2D eigenvalue weighted by atomic mass is 19.4. The third-order valence-corrected chi connectivity index (χ3v) is 5.27. The highest BCUT2D eigenvalue weighted by Crippen LogP contribution is 2.37. The number of hydrogen-bond acceptors (Lipinski definition) is 1. The zero-order valence-corrected chi connectivity index (χ0v) is 15.2. The van der Waals surface area contributed by atoms with Crippen LogP contribution in [0.4, 0.5) is 13.2 Å². The second kappa shape index (κ2) is 7.83. The maximum Gasteiger partial charge on any atom is 0.522 e. The van der Waals surface area contributed by atoms with Crippen LogP contribution in [0.25, 0.3) is 11.1 Å².